The van der Waals surface area contributed by atoms with E-state index in [1.807, 2.05) is 0 Å². The van der Waals surface area contributed by atoms with E-state index >= 15 is 0 Å². The van der Waals surface area contributed by atoms with Crippen LogP contribution < -0.4 is 5.32 Å². The minimum Gasteiger partial charge on any atom is -0.480 e. The SMILES string of the molecule is CC(C)(C)OC(=O)N[C@H]1CN(C(=O)O)CC[C@H]2CC[C@@H](C(=O)O)N2C1=O. The molecule has 0 aromatic rings. The fourth-order valence-corrected chi connectivity index (χ4v) is 3.35. The fraction of sp³-hybridized carbons (Fsp3) is 0.750. The summed E-state index contributed by atoms with van der Waals surface area (Å²) in [6.45, 7) is 4.87. The van der Waals surface area contributed by atoms with E-state index in [2.05, 4.69) is 5.32 Å². The molecule has 3 N–H and O–H groups in total. The molecule has 146 valence electrons. The van der Waals surface area contributed by atoms with Gasteiger partial charge >= 0.3 is 18.2 Å². The summed E-state index contributed by atoms with van der Waals surface area (Å²) in [7, 11) is 0. The molecule has 0 saturated carbocycles. The van der Waals surface area contributed by atoms with Gasteiger partial charge in [-0.3, -0.25) is 4.79 Å². The average Bonchev–Trinajstić information content (AvgIpc) is 2.89. The van der Waals surface area contributed by atoms with Crippen molar-refractivity contribution in [2.45, 2.75) is 63.8 Å². The number of ether oxygens (including phenoxy) is 1. The van der Waals surface area contributed by atoms with Crippen LogP contribution in [-0.2, 0) is 14.3 Å². The first-order valence-corrected chi connectivity index (χ1v) is 8.52. The molecule has 2 fully saturated rings. The van der Waals surface area contributed by atoms with Crippen molar-refractivity contribution in [1.82, 2.24) is 15.1 Å². The molecule has 0 radical (unpaired) electrons. The van der Waals surface area contributed by atoms with Crippen molar-refractivity contribution in [3.63, 3.8) is 0 Å². The number of rotatable bonds is 2. The summed E-state index contributed by atoms with van der Waals surface area (Å²) in [5.41, 5.74) is -0.791. The summed E-state index contributed by atoms with van der Waals surface area (Å²) >= 11 is 0. The minimum absolute atomic E-state index is 0.155. The van der Waals surface area contributed by atoms with E-state index in [9.17, 15) is 29.4 Å². The molecule has 0 aromatic carbocycles. The van der Waals surface area contributed by atoms with Gasteiger partial charge in [-0.2, -0.15) is 0 Å². The van der Waals surface area contributed by atoms with E-state index in [1.54, 1.807) is 20.8 Å². The quantitative estimate of drug-likeness (QED) is 0.650. The van der Waals surface area contributed by atoms with Crippen LogP contribution in [0.2, 0.25) is 0 Å². The maximum absolute atomic E-state index is 12.9. The second-order valence-electron chi connectivity index (χ2n) is 7.55. The molecule has 2 rings (SSSR count). The average molecular weight is 371 g/mol. The summed E-state index contributed by atoms with van der Waals surface area (Å²) in [6, 6.07) is -2.54. The largest absolute Gasteiger partial charge is 0.480 e. The predicted molar refractivity (Wildman–Crippen MR) is 88.7 cm³/mol. The van der Waals surface area contributed by atoms with Crippen LogP contribution in [0.5, 0.6) is 0 Å². The number of alkyl carbamates (subject to hydrolysis) is 1. The number of nitrogens with one attached hydrogen (secondary N) is 1. The summed E-state index contributed by atoms with van der Waals surface area (Å²) in [5, 5.41) is 21.1. The van der Waals surface area contributed by atoms with Gasteiger partial charge < -0.3 is 30.1 Å². The Balaban J connectivity index is 2.25. The molecule has 3 atom stereocenters. The lowest BCUT2D eigenvalue weighted by Gasteiger charge is -2.37. The van der Waals surface area contributed by atoms with Crippen molar-refractivity contribution < 1.29 is 34.1 Å². The predicted octanol–water partition coefficient (Wildman–Crippen LogP) is 0.708. The molecule has 10 nitrogen and oxygen atoms in total. The molecule has 0 aliphatic carbocycles. The Labute approximate surface area is 151 Å². The van der Waals surface area contributed by atoms with Crippen molar-refractivity contribution in [2.75, 3.05) is 13.1 Å². The number of carboxylic acid groups (broad SMARTS) is 2. The second-order valence-corrected chi connectivity index (χ2v) is 7.55. The van der Waals surface area contributed by atoms with Crippen molar-refractivity contribution >= 4 is 24.1 Å². The molecule has 0 bridgehead atoms. The molecule has 26 heavy (non-hydrogen) atoms. The van der Waals surface area contributed by atoms with Gasteiger partial charge in [0.25, 0.3) is 0 Å². The van der Waals surface area contributed by atoms with Crippen LogP contribution in [0, 0.1) is 0 Å². The lowest BCUT2D eigenvalue weighted by molar-refractivity contribution is -0.151. The van der Waals surface area contributed by atoms with E-state index in [1.165, 1.54) is 4.90 Å². The van der Waals surface area contributed by atoms with Crippen molar-refractivity contribution in [3.05, 3.63) is 0 Å². The van der Waals surface area contributed by atoms with E-state index in [-0.39, 0.29) is 19.1 Å². The van der Waals surface area contributed by atoms with Crippen molar-refractivity contribution in [2.24, 2.45) is 0 Å². The summed E-state index contributed by atoms with van der Waals surface area (Å²) in [6.07, 6.45) is -0.909. The first kappa shape index (κ1) is 19.8. The maximum Gasteiger partial charge on any atom is 0.408 e. The number of nitrogens with zero attached hydrogens (tertiary/aromatic N) is 2. The topological polar surface area (TPSA) is 136 Å². The third kappa shape index (κ3) is 4.55. The molecule has 2 aliphatic rings. The Morgan fingerprint density at radius 3 is 2.35 bits per heavy atom. The highest BCUT2D eigenvalue weighted by molar-refractivity contribution is 5.90. The Hall–Kier alpha value is -2.52. The molecule has 2 saturated heterocycles. The van der Waals surface area contributed by atoms with Crippen molar-refractivity contribution in [3.8, 4) is 0 Å². The second kappa shape index (κ2) is 7.38. The number of hydrogen-bond acceptors (Lipinski definition) is 5. The number of amides is 3. The Bertz CT molecular complexity index is 601. The normalized spacial score (nSPS) is 26.6. The number of carbonyl (C=O) groups excluding carboxylic acids is 2. The van der Waals surface area contributed by atoms with Gasteiger partial charge in [-0.25, -0.2) is 14.4 Å². The summed E-state index contributed by atoms with van der Waals surface area (Å²) < 4.78 is 5.14. The van der Waals surface area contributed by atoms with Gasteiger partial charge in [-0.05, 0) is 40.0 Å². The fourth-order valence-electron chi connectivity index (χ4n) is 3.35. The molecular weight excluding hydrogens is 346 g/mol. The van der Waals surface area contributed by atoms with Gasteiger partial charge in [0.15, 0.2) is 0 Å². The standard InChI is InChI=1S/C16H25N3O7/c1-16(2,3)26-14(23)17-10-8-18(15(24)25)7-6-9-4-5-11(13(21)22)19(9)12(10)20/h9-11H,4-8H2,1-3H3,(H,17,23)(H,21,22)(H,24,25)/t9-,10+,11+/m1/s1. The van der Waals surface area contributed by atoms with Crippen LogP contribution >= 0.6 is 0 Å². The number of fused-ring (bicyclic) bond motifs is 1. The molecule has 2 aliphatic heterocycles. The van der Waals surface area contributed by atoms with Gasteiger partial charge in [0.05, 0.1) is 6.54 Å². The highest BCUT2D eigenvalue weighted by Gasteiger charge is 2.45. The van der Waals surface area contributed by atoms with Gasteiger partial charge in [-0.15, -0.1) is 0 Å². The van der Waals surface area contributed by atoms with E-state index in [0.29, 0.717) is 19.3 Å². The zero-order chi connectivity index (χ0) is 19.6. The molecule has 0 aromatic heterocycles. The molecule has 3 amide bonds. The maximum atomic E-state index is 12.9. The van der Waals surface area contributed by atoms with Gasteiger partial charge in [-0.1, -0.05) is 0 Å². The van der Waals surface area contributed by atoms with Crippen LogP contribution in [0.4, 0.5) is 9.59 Å². The highest BCUT2D eigenvalue weighted by Crippen LogP contribution is 2.29. The van der Waals surface area contributed by atoms with E-state index in [0.717, 1.165) is 4.90 Å². The highest BCUT2D eigenvalue weighted by atomic mass is 16.6. The minimum atomic E-state index is -1.20. The lowest BCUT2D eigenvalue weighted by atomic mass is 10.1. The Kier molecular flexibility index (Phi) is 5.62. The molecule has 2 heterocycles. The molecular formula is C16H25N3O7. The van der Waals surface area contributed by atoms with Gasteiger partial charge in [0.1, 0.15) is 17.7 Å². The Morgan fingerprint density at radius 2 is 1.81 bits per heavy atom. The van der Waals surface area contributed by atoms with E-state index in [4.69, 9.17) is 4.74 Å². The van der Waals surface area contributed by atoms with Crippen molar-refractivity contribution in [1.29, 1.82) is 0 Å². The molecule has 10 heteroatoms. The van der Waals surface area contributed by atoms with E-state index < -0.39 is 41.7 Å². The van der Waals surface area contributed by atoms with Gasteiger partial charge in [0, 0.05) is 12.6 Å². The summed E-state index contributed by atoms with van der Waals surface area (Å²) in [4.78, 5) is 50.2. The van der Waals surface area contributed by atoms with Crippen LogP contribution in [0.1, 0.15) is 40.0 Å². The van der Waals surface area contributed by atoms with Crippen LogP contribution in [0.15, 0.2) is 0 Å². The number of hydrogen-bond donors (Lipinski definition) is 3. The zero-order valence-corrected chi connectivity index (χ0v) is 15.1. The summed E-state index contributed by atoms with van der Waals surface area (Å²) in [5.74, 6) is -1.70. The van der Waals surface area contributed by atoms with Crippen LogP contribution in [-0.4, -0.2) is 80.9 Å². The third-order valence-electron chi connectivity index (χ3n) is 4.44. The van der Waals surface area contributed by atoms with Crippen LogP contribution in [0.25, 0.3) is 0 Å². The lowest BCUT2D eigenvalue weighted by Crippen LogP contribution is -2.60. The smallest absolute Gasteiger partial charge is 0.408 e. The monoisotopic (exact) mass is 371 g/mol. The van der Waals surface area contributed by atoms with Gasteiger partial charge in [0.2, 0.25) is 5.91 Å². The molecule has 0 spiro atoms. The zero-order valence-electron chi connectivity index (χ0n) is 15.1. The third-order valence-corrected chi connectivity index (χ3v) is 4.44. The first-order chi connectivity index (χ1) is 12.0. The number of carboxylic acids is 1. The first-order valence-electron chi connectivity index (χ1n) is 8.52. The van der Waals surface area contributed by atoms with Crippen LogP contribution in [0.3, 0.4) is 0 Å². The number of carbonyl (C=O) groups is 4. The number of aliphatic carboxylic acids is 1. The Morgan fingerprint density at radius 1 is 1.15 bits per heavy atom. The molecule has 0 unspecified atom stereocenters.